The van der Waals surface area contributed by atoms with Crippen LogP contribution in [0.25, 0.3) is 0 Å². The third-order valence-electron chi connectivity index (χ3n) is 1.72. The summed E-state index contributed by atoms with van der Waals surface area (Å²) in [5.41, 5.74) is 0.996. The molecule has 0 fully saturated rings. The molecule has 3 nitrogen and oxygen atoms in total. The fraction of sp³-hybridized carbons (Fsp3) is 0.286. The van der Waals surface area contributed by atoms with Crippen molar-refractivity contribution in [2.24, 2.45) is 4.99 Å². The summed E-state index contributed by atoms with van der Waals surface area (Å²) >= 11 is 0. The Morgan fingerprint density at radius 2 is 2.12 bits per heavy atom. The van der Waals surface area contributed by atoms with E-state index in [-0.39, 0.29) is 5.76 Å². The zero-order valence-electron chi connectivity index (χ0n) is 10.6. The van der Waals surface area contributed by atoms with Crippen LogP contribution in [0.4, 0.5) is 0 Å². The van der Waals surface area contributed by atoms with Crippen molar-refractivity contribution in [2.75, 3.05) is 7.05 Å². The molecule has 0 aliphatic carbocycles. The van der Waals surface area contributed by atoms with E-state index in [9.17, 15) is 0 Å². The number of rotatable bonds is 7. The minimum Gasteiger partial charge on any atom is -0.509 e. The smallest absolute Gasteiger partial charge is 0.285 e. The fourth-order valence-corrected chi connectivity index (χ4v) is 1.03. The zero-order chi connectivity index (χ0) is 13.1. The molecule has 0 aromatic carbocycles. The average Bonchev–Trinajstić information content (AvgIpc) is 2.24. The van der Waals surface area contributed by atoms with E-state index < -0.39 is 0 Å². The second-order valence-electron chi connectivity index (χ2n) is 3.59. The first kappa shape index (κ1) is 15.1. The van der Waals surface area contributed by atoms with Gasteiger partial charge < -0.3 is 5.11 Å². The summed E-state index contributed by atoms with van der Waals surface area (Å²) < 4.78 is 1.66. The molecule has 0 unspecified atom stereocenters. The molecule has 0 heterocycles. The van der Waals surface area contributed by atoms with Gasteiger partial charge in [-0.05, 0) is 18.6 Å². The molecule has 0 aliphatic rings. The zero-order valence-corrected chi connectivity index (χ0v) is 10.6. The SMILES string of the molecule is C=C(O)/C=C\C=C/C/C(=C/CC)N=C[N+](=C)C. The Morgan fingerprint density at radius 3 is 2.65 bits per heavy atom. The largest absolute Gasteiger partial charge is 0.509 e. The van der Waals surface area contributed by atoms with Crippen molar-refractivity contribution in [1.82, 2.24) is 0 Å². The summed E-state index contributed by atoms with van der Waals surface area (Å²) in [5, 5.41) is 8.83. The molecular weight excluding hydrogens is 212 g/mol. The summed E-state index contributed by atoms with van der Waals surface area (Å²) in [4.78, 5) is 4.30. The van der Waals surface area contributed by atoms with Gasteiger partial charge in [0, 0.05) is 6.42 Å². The number of aliphatic imine (C=N–C) groups is 1. The van der Waals surface area contributed by atoms with Crippen LogP contribution in [0, 0.1) is 0 Å². The van der Waals surface area contributed by atoms with Crippen LogP contribution in [0.1, 0.15) is 19.8 Å². The van der Waals surface area contributed by atoms with Crippen LogP contribution in [-0.2, 0) is 0 Å². The first-order valence-corrected chi connectivity index (χ1v) is 5.54. The van der Waals surface area contributed by atoms with Crippen molar-refractivity contribution in [3.63, 3.8) is 0 Å². The monoisotopic (exact) mass is 233 g/mol. The third kappa shape index (κ3) is 10.4. The maximum absolute atomic E-state index is 8.83. The summed E-state index contributed by atoms with van der Waals surface area (Å²) in [5.74, 6) is 0.0516. The average molecular weight is 233 g/mol. The first-order valence-electron chi connectivity index (χ1n) is 5.54. The number of aliphatic hydroxyl groups is 1. The van der Waals surface area contributed by atoms with E-state index in [1.54, 1.807) is 17.0 Å². The Balaban J connectivity index is 4.33. The molecule has 0 aromatic rings. The van der Waals surface area contributed by atoms with Gasteiger partial charge in [0.05, 0.1) is 13.8 Å². The second-order valence-corrected chi connectivity index (χ2v) is 3.59. The number of nitrogens with zero attached hydrogens (tertiary/aromatic N) is 2. The highest BCUT2D eigenvalue weighted by Crippen LogP contribution is 2.05. The normalized spacial score (nSPS) is 12.9. The molecule has 92 valence electrons. The van der Waals surface area contributed by atoms with Crippen LogP contribution in [0.2, 0.25) is 0 Å². The van der Waals surface area contributed by atoms with Gasteiger partial charge in [0.1, 0.15) is 5.76 Å². The maximum Gasteiger partial charge on any atom is 0.285 e. The Hall–Kier alpha value is -1.90. The van der Waals surface area contributed by atoms with E-state index in [0.717, 1.165) is 18.5 Å². The van der Waals surface area contributed by atoms with Crippen LogP contribution in [-0.4, -0.2) is 29.8 Å². The minimum atomic E-state index is 0.0516. The molecular formula is C14H21N2O+. The molecule has 0 radical (unpaired) electrons. The molecule has 0 saturated heterocycles. The minimum absolute atomic E-state index is 0.0516. The molecule has 0 spiro atoms. The van der Waals surface area contributed by atoms with Gasteiger partial charge in [0.25, 0.3) is 6.34 Å². The van der Waals surface area contributed by atoms with E-state index in [4.69, 9.17) is 5.11 Å². The van der Waals surface area contributed by atoms with Crippen molar-refractivity contribution < 1.29 is 9.68 Å². The van der Waals surface area contributed by atoms with Gasteiger partial charge in [-0.3, -0.25) is 0 Å². The van der Waals surface area contributed by atoms with E-state index in [1.807, 2.05) is 19.2 Å². The van der Waals surface area contributed by atoms with E-state index >= 15 is 0 Å². The first-order chi connectivity index (χ1) is 8.06. The van der Waals surface area contributed by atoms with Crippen LogP contribution in [0.5, 0.6) is 0 Å². The second kappa shape index (κ2) is 9.33. The topological polar surface area (TPSA) is 35.6 Å². The number of aliphatic hydroxyl groups excluding tert-OH is 1. The lowest BCUT2D eigenvalue weighted by Gasteiger charge is -1.89. The lowest BCUT2D eigenvalue weighted by atomic mass is 10.2. The Labute approximate surface area is 104 Å². The van der Waals surface area contributed by atoms with Gasteiger partial charge in [-0.15, -0.1) is 0 Å². The fourth-order valence-electron chi connectivity index (χ4n) is 1.03. The molecule has 17 heavy (non-hydrogen) atoms. The van der Waals surface area contributed by atoms with Crippen LogP contribution >= 0.6 is 0 Å². The molecule has 3 heteroatoms. The van der Waals surface area contributed by atoms with Crippen LogP contribution in [0.15, 0.2) is 53.4 Å². The standard InChI is InChI=1S/C14H20N2O/c1-5-9-14(15-12-16(3)4)11-8-6-7-10-13(2)17/h6-10,12H,2-3,5,11H2,1,4H3/p+1/b8-6-,10-7-,14-9-,15-12?. The highest BCUT2D eigenvalue weighted by Gasteiger charge is 1.96. The van der Waals surface area contributed by atoms with E-state index in [2.05, 4.69) is 31.3 Å². The van der Waals surface area contributed by atoms with Crippen LogP contribution < -0.4 is 0 Å². The summed E-state index contributed by atoms with van der Waals surface area (Å²) in [6.45, 7) is 9.12. The van der Waals surface area contributed by atoms with Gasteiger partial charge in [-0.1, -0.05) is 36.7 Å². The highest BCUT2D eigenvalue weighted by molar-refractivity contribution is 5.49. The number of hydrogen-bond acceptors (Lipinski definition) is 2. The van der Waals surface area contributed by atoms with Gasteiger partial charge in [-0.2, -0.15) is 0 Å². The van der Waals surface area contributed by atoms with Crippen molar-refractivity contribution >= 4 is 13.1 Å². The molecule has 0 atom stereocenters. The molecule has 0 aliphatic heterocycles. The molecule has 0 aromatic heterocycles. The lowest BCUT2D eigenvalue weighted by Crippen LogP contribution is -1.97. The van der Waals surface area contributed by atoms with Crippen molar-refractivity contribution in [1.29, 1.82) is 0 Å². The molecule has 0 amide bonds. The van der Waals surface area contributed by atoms with Gasteiger partial charge >= 0.3 is 0 Å². The molecule has 1 N–H and O–H groups in total. The lowest BCUT2D eigenvalue weighted by molar-refractivity contribution is -0.349. The summed E-state index contributed by atoms with van der Waals surface area (Å²) in [7, 11) is 1.83. The van der Waals surface area contributed by atoms with E-state index in [1.165, 1.54) is 6.08 Å². The van der Waals surface area contributed by atoms with Crippen molar-refractivity contribution in [3.05, 3.63) is 48.4 Å². The predicted molar refractivity (Wildman–Crippen MR) is 74.8 cm³/mol. The van der Waals surface area contributed by atoms with Gasteiger partial charge in [-0.25, -0.2) is 4.58 Å². The Kier molecular flexibility index (Phi) is 8.29. The summed E-state index contributed by atoms with van der Waals surface area (Å²) in [6.07, 6.45) is 12.6. The van der Waals surface area contributed by atoms with E-state index in [0.29, 0.717) is 0 Å². The quantitative estimate of drug-likeness (QED) is 0.237. The van der Waals surface area contributed by atoms with Crippen molar-refractivity contribution in [3.8, 4) is 0 Å². The van der Waals surface area contributed by atoms with Crippen molar-refractivity contribution in [2.45, 2.75) is 19.8 Å². The van der Waals surface area contributed by atoms with Gasteiger partial charge in [0.2, 0.25) is 0 Å². The maximum atomic E-state index is 8.83. The number of hydrogen-bond donors (Lipinski definition) is 1. The molecule has 0 bridgehead atoms. The highest BCUT2D eigenvalue weighted by atomic mass is 16.3. The molecule has 0 rings (SSSR count). The number of allylic oxidation sites excluding steroid dienone is 5. The van der Waals surface area contributed by atoms with Crippen LogP contribution in [0.3, 0.4) is 0 Å². The summed E-state index contributed by atoms with van der Waals surface area (Å²) in [6, 6.07) is 0. The third-order valence-corrected chi connectivity index (χ3v) is 1.72. The Bertz CT molecular complexity index is 374. The Morgan fingerprint density at radius 1 is 1.41 bits per heavy atom. The molecule has 0 saturated carbocycles. The van der Waals surface area contributed by atoms with Gasteiger partial charge in [0.15, 0.2) is 5.70 Å². The predicted octanol–water partition coefficient (Wildman–Crippen LogP) is 3.23.